The second-order valence-electron chi connectivity index (χ2n) is 8.19. The first-order valence-corrected chi connectivity index (χ1v) is 11.7. The number of nitrogens with one attached hydrogen (secondary N) is 1. The normalized spacial score (nSPS) is 17.1. The number of methoxy groups -OCH3 is 2. The van der Waals surface area contributed by atoms with E-state index in [0.29, 0.717) is 16.6 Å². The van der Waals surface area contributed by atoms with Crippen LogP contribution in [0.2, 0.25) is 0 Å². The number of carboxylic acid groups (broad SMARTS) is 1. The summed E-state index contributed by atoms with van der Waals surface area (Å²) in [4.78, 5) is 18.0. The molecule has 1 aliphatic heterocycles. The van der Waals surface area contributed by atoms with Crippen LogP contribution in [0, 0.1) is 0 Å². The fourth-order valence-electron chi connectivity index (χ4n) is 4.53. The number of carbonyl (C=O) groups is 1. The number of ether oxygens (including phenoxy) is 2. The molecule has 0 amide bonds. The van der Waals surface area contributed by atoms with Crippen LogP contribution in [-0.4, -0.2) is 40.0 Å². The SMILES string of the molecule is COc1ccc(OC)c(N2C(=S)N[C@H](c3ccccn3)[C@@H]2c2cccn2-c2ccc(C(=O)O)cc2)c1. The van der Waals surface area contributed by atoms with Crippen molar-refractivity contribution in [3.63, 3.8) is 0 Å². The van der Waals surface area contributed by atoms with Gasteiger partial charge in [0.25, 0.3) is 0 Å². The average molecular weight is 501 g/mol. The Labute approximate surface area is 213 Å². The molecule has 4 aromatic rings. The number of pyridine rings is 1. The van der Waals surface area contributed by atoms with Crippen molar-refractivity contribution >= 4 is 29.0 Å². The van der Waals surface area contributed by atoms with Crippen molar-refractivity contribution in [1.29, 1.82) is 0 Å². The molecule has 9 heteroatoms. The van der Waals surface area contributed by atoms with Gasteiger partial charge in [0.05, 0.1) is 37.2 Å². The highest BCUT2D eigenvalue weighted by Gasteiger charge is 2.43. The van der Waals surface area contributed by atoms with E-state index in [1.54, 1.807) is 44.7 Å². The fourth-order valence-corrected chi connectivity index (χ4v) is 4.87. The molecule has 1 fully saturated rings. The average Bonchev–Trinajstić information content (AvgIpc) is 3.53. The molecule has 0 unspecified atom stereocenters. The van der Waals surface area contributed by atoms with Crippen LogP contribution in [0.25, 0.3) is 5.69 Å². The second-order valence-corrected chi connectivity index (χ2v) is 8.58. The number of carboxylic acids is 1. The predicted molar refractivity (Wildman–Crippen MR) is 140 cm³/mol. The topological polar surface area (TPSA) is 88.9 Å². The van der Waals surface area contributed by atoms with Crippen LogP contribution in [0.1, 0.15) is 33.8 Å². The van der Waals surface area contributed by atoms with Crippen molar-refractivity contribution in [2.45, 2.75) is 12.1 Å². The summed E-state index contributed by atoms with van der Waals surface area (Å²) in [6, 6.07) is 21.6. The number of nitrogens with zero attached hydrogens (tertiary/aromatic N) is 3. The summed E-state index contributed by atoms with van der Waals surface area (Å²) in [5.74, 6) is 0.356. The number of benzene rings is 2. The van der Waals surface area contributed by atoms with Crippen LogP contribution >= 0.6 is 12.2 Å². The Morgan fingerprint density at radius 3 is 2.50 bits per heavy atom. The Morgan fingerprint density at radius 2 is 1.83 bits per heavy atom. The van der Waals surface area contributed by atoms with Gasteiger partial charge >= 0.3 is 5.97 Å². The molecule has 36 heavy (non-hydrogen) atoms. The first-order valence-electron chi connectivity index (χ1n) is 11.3. The van der Waals surface area contributed by atoms with E-state index in [9.17, 15) is 9.90 Å². The Kier molecular flexibility index (Phi) is 6.30. The highest BCUT2D eigenvalue weighted by Crippen LogP contribution is 2.46. The van der Waals surface area contributed by atoms with Crippen LogP contribution in [0.15, 0.2) is 85.2 Å². The molecule has 0 saturated carbocycles. The molecule has 1 saturated heterocycles. The van der Waals surface area contributed by atoms with E-state index >= 15 is 0 Å². The molecule has 0 spiro atoms. The Morgan fingerprint density at radius 1 is 1.03 bits per heavy atom. The number of hydrogen-bond acceptors (Lipinski definition) is 5. The maximum Gasteiger partial charge on any atom is 0.335 e. The van der Waals surface area contributed by atoms with Gasteiger partial charge in [0.1, 0.15) is 17.5 Å². The van der Waals surface area contributed by atoms with Crippen molar-refractivity contribution in [2.75, 3.05) is 19.1 Å². The van der Waals surface area contributed by atoms with Crippen molar-refractivity contribution in [3.8, 4) is 17.2 Å². The Hall–Kier alpha value is -4.37. The van der Waals surface area contributed by atoms with Gasteiger partial charge in [0, 0.05) is 29.8 Å². The molecule has 2 aromatic carbocycles. The van der Waals surface area contributed by atoms with E-state index in [4.69, 9.17) is 21.7 Å². The highest BCUT2D eigenvalue weighted by molar-refractivity contribution is 7.80. The summed E-state index contributed by atoms with van der Waals surface area (Å²) in [7, 11) is 3.24. The zero-order chi connectivity index (χ0) is 25.2. The second kappa shape index (κ2) is 9.71. The molecule has 8 nitrogen and oxygen atoms in total. The Bertz CT molecular complexity index is 1410. The number of anilines is 1. The number of hydrogen-bond donors (Lipinski definition) is 2. The Balaban J connectivity index is 1.68. The zero-order valence-electron chi connectivity index (χ0n) is 19.7. The first kappa shape index (κ1) is 23.4. The minimum absolute atomic E-state index is 0.227. The lowest BCUT2D eigenvalue weighted by Gasteiger charge is -2.30. The quantitative estimate of drug-likeness (QED) is 0.351. The van der Waals surface area contributed by atoms with Crippen molar-refractivity contribution in [1.82, 2.24) is 14.9 Å². The van der Waals surface area contributed by atoms with Gasteiger partial charge in [-0.2, -0.15) is 0 Å². The minimum atomic E-state index is -0.967. The fraction of sp³-hybridized carbons (Fsp3) is 0.148. The molecule has 5 rings (SSSR count). The van der Waals surface area contributed by atoms with Crippen LogP contribution in [-0.2, 0) is 0 Å². The number of rotatable bonds is 7. The van der Waals surface area contributed by atoms with E-state index in [2.05, 4.69) is 10.3 Å². The van der Waals surface area contributed by atoms with E-state index in [1.807, 2.05) is 64.2 Å². The monoisotopic (exact) mass is 500 g/mol. The van der Waals surface area contributed by atoms with E-state index in [0.717, 1.165) is 22.8 Å². The lowest BCUT2D eigenvalue weighted by Crippen LogP contribution is -2.30. The third kappa shape index (κ3) is 4.14. The molecule has 0 radical (unpaired) electrons. The largest absolute Gasteiger partial charge is 0.497 e. The number of aromatic nitrogens is 2. The van der Waals surface area contributed by atoms with Crippen LogP contribution < -0.4 is 19.7 Å². The highest BCUT2D eigenvalue weighted by atomic mass is 32.1. The van der Waals surface area contributed by atoms with Gasteiger partial charge < -0.3 is 29.4 Å². The molecular formula is C27H24N4O4S. The summed E-state index contributed by atoms with van der Waals surface area (Å²) in [5, 5.41) is 13.3. The van der Waals surface area contributed by atoms with Crippen LogP contribution in [0.5, 0.6) is 11.5 Å². The molecule has 2 atom stereocenters. The molecule has 3 heterocycles. The van der Waals surface area contributed by atoms with Crippen molar-refractivity contribution < 1.29 is 19.4 Å². The van der Waals surface area contributed by atoms with Gasteiger partial charge in [-0.25, -0.2) is 4.79 Å². The summed E-state index contributed by atoms with van der Waals surface area (Å²) in [6.07, 6.45) is 3.71. The molecule has 2 N–H and O–H groups in total. The molecule has 2 aromatic heterocycles. The molecule has 182 valence electrons. The molecular weight excluding hydrogens is 476 g/mol. The molecule has 0 bridgehead atoms. The summed E-state index contributed by atoms with van der Waals surface area (Å²) in [5.41, 5.74) is 3.58. The smallest absolute Gasteiger partial charge is 0.335 e. The molecule has 1 aliphatic rings. The lowest BCUT2D eigenvalue weighted by molar-refractivity contribution is 0.0697. The maximum absolute atomic E-state index is 11.4. The van der Waals surface area contributed by atoms with E-state index < -0.39 is 5.97 Å². The van der Waals surface area contributed by atoms with E-state index in [-0.39, 0.29) is 17.6 Å². The standard InChI is InChI=1S/C27H24N4O4S/c1-34-19-12-13-23(35-2)22(16-19)31-25(24(29-27(31)36)20-6-3-4-14-28-20)21-7-5-15-30(21)18-10-8-17(9-11-18)26(32)33/h3-16,24-25H,1-2H3,(H,29,36)(H,32,33)/t24-,25+/m1/s1. The maximum atomic E-state index is 11.4. The number of thiocarbonyl (C=S) groups is 1. The predicted octanol–water partition coefficient (Wildman–Crippen LogP) is 4.76. The van der Waals surface area contributed by atoms with Gasteiger partial charge in [-0.3, -0.25) is 4.98 Å². The van der Waals surface area contributed by atoms with Crippen LogP contribution in [0.4, 0.5) is 5.69 Å². The third-order valence-corrected chi connectivity index (χ3v) is 6.53. The third-order valence-electron chi connectivity index (χ3n) is 6.22. The summed E-state index contributed by atoms with van der Waals surface area (Å²) < 4.78 is 13.2. The summed E-state index contributed by atoms with van der Waals surface area (Å²) >= 11 is 5.86. The molecule has 0 aliphatic carbocycles. The summed E-state index contributed by atoms with van der Waals surface area (Å²) in [6.45, 7) is 0. The minimum Gasteiger partial charge on any atom is -0.497 e. The van der Waals surface area contributed by atoms with Gasteiger partial charge in [-0.1, -0.05) is 6.07 Å². The van der Waals surface area contributed by atoms with Gasteiger partial charge in [0.15, 0.2) is 5.11 Å². The van der Waals surface area contributed by atoms with Gasteiger partial charge in [0.2, 0.25) is 0 Å². The lowest BCUT2D eigenvalue weighted by atomic mass is 10.0. The van der Waals surface area contributed by atoms with Gasteiger partial charge in [-0.05, 0) is 72.9 Å². The van der Waals surface area contributed by atoms with E-state index in [1.165, 1.54) is 0 Å². The van der Waals surface area contributed by atoms with Crippen LogP contribution in [0.3, 0.4) is 0 Å². The zero-order valence-corrected chi connectivity index (χ0v) is 20.5. The van der Waals surface area contributed by atoms with Crippen molar-refractivity contribution in [2.24, 2.45) is 0 Å². The number of aromatic carboxylic acids is 1. The first-order chi connectivity index (χ1) is 17.5. The van der Waals surface area contributed by atoms with Crippen molar-refractivity contribution in [3.05, 3.63) is 102 Å². The van der Waals surface area contributed by atoms with Gasteiger partial charge in [-0.15, -0.1) is 0 Å².